The Morgan fingerprint density at radius 3 is 2.65 bits per heavy atom. The molecule has 0 amide bonds. The summed E-state index contributed by atoms with van der Waals surface area (Å²) >= 11 is 0. The summed E-state index contributed by atoms with van der Waals surface area (Å²) in [6.07, 6.45) is 1.33. The van der Waals surface area contributed by atoms with Crippen LogP contribution < -0.4 is 4.72 Å². The van der Waals surface area contributed by atoms with Crippen LogP contribution in [0.1, 0.15) is 17.0 Å². The molecule has 2 heterocycles. The van der Waals surface area contributed by atoms with Gasteiger partial charge in [0.25, 0.3) is 10.0 Å². The fourth-order valence-electron chi connectivity index (χ4n) is 1.60. The quantitative estimate of drug-likeness (QED) is 0.849. The summed E-state index contributed by atoms with van der Waals surface area (Å²) < 4.78 is 26.5. The molecular weight excluding hydrogens is 278 g/mol. The van der Waals surface area contributed by atoms with E-state index in [4.69, 9.17) is 5.11 Å². The van der Waals surface area contributed by atoms with Crippen molar-refractivity contribution in [3.8, 4) is 0 Å². The standard InChI is InChI=1S/C13H15N3O3S/c1-10-3-2-4-12(16-10)8-15-20(18,19)13-6-5-11(9-17)7-14-13/h2-7,15,17H,8-9H2,1H3. The van der Waals surface area contributed by atoms with E-state index in [-0.39, 0.29) is 18.2 Å². The topological polar surface area (TPSA) is 92.2 Å². The van der Waals surface area contributed by atoms with Gasteiger partial charge in [0.2, 0.25) is 0 Å². The Bertz CT molecular complexity index is 684. The number of rotatable bonds is 5. The SMILES string of the molecule is Cc1cccc(CNS(=O)(=O)c2ccc(CO)cn2)n1. The maximum atomic E-state index is 12.0. The second-order valence-electron chi connectivity index (χ2n) is 4.26. The summed E-state index contributed by atoms with van der Waals surface area (Å²) in [4.78, 5) is 8.04. The van der Waals surface area contributed by atoms with Gasteiger partial charge in [0, 0.05) is 11.9 Å². The average Bonchev–Trinajstić information content (AvgIpc) is 2.45. The predicted octanol–water partition coefficient (Wildman–Crippen LogP) is 0.756. The molecule has 6 nitrogen and oxygen atoms in total. The molecule has 0 aromatic carbocycles. The van der Waals surface area contributed by atoms with Crippen LogP contribution >= 0.6 is 0 Å². The molecule has 0 spiro atoms. The van der Waals surface area contributed by atoms with Crippen molar-refractivity contribution in [2.24, 2.45) is 0 Å². The van der Waals surface area contributed by atoms with Gasteiger partial charge in [-0.25, -0.2) is 18.1 Å². The van der Waals surface area contributed by atoms with E-state index in [0.717, 1.165) is 5.69 Å². The fourth-order valence-corrected chi connectivity index (χ4v) is 2.53. The molecule has 20 heavy (non-hydrogen) atoms. The molecule has 0 radical (unpaired) electrons. The second-order valence-corrected chi connectivity index (χ2v) is 5.97. The molecule has 0 saturated carbocycles. The zero-order chi connectivity index (χ0) is 14.6. The first-order valence-corrected chi connectivity index (χ1v) is 7.47. The molecule has 2 rings (SSSR count). The zero-order valence-electron chi connectivity index (χ0n) is 10.9. The van der Waals surface area contributed by atoms with Crippen LogP contribution in [0.5, 0.6) is 0 Å². The molecule has 0 atom stereocenters. The Kier molecular flexibility index (Phi) is 4.43. The van der Waals surface area contributed by atoms with Crippen LogP contribution in [0, 0.1) is 6.92 Å². The monoisotopic (exact) mass is 293 g/mol. The van der Waals surface area contributed by atoms with E-state index in [9.17, 15) is 8.42 Å². The molecule has 2 aromatic heterocycles. The minimum absolute atomic E-state index is 0.0812. The fraction of sp³-hybridized carbons (Fsp3) is 0.231. The Morgan fingerprint density at radius 1 is 1.25 bits per heavy atom. The van der Waals surface area contributed by atoms with E-state index in [1.807, 2.05) is 19.1 Å². The van der Waals surface area contributed by atoms with Gasteiger partial charge in [-0.15, -0.1) is 0 Å². The number of aliphatic hydroxyl groups excluding tert-OH is 1. The number of aromatic nitrogens is 2. The van der Waals surface area contributed by atoms with Gasteiger partial charge >= 0.3 is 0 Å². The number of aryl methyl sites for hydroxylation is 1. The third kappa shape index (κ3) is 3.60. The highest BCUT2D eigenvalue weighted by atomic mass is 32.2. The molecular formula is C13H15N3O3S. The van der Waals surface area contributed by atoms with Crippen LogP contribution in [0.25, 0.3) is 0 Å². The lowest BCUT2D eigenvalue weighted by molar-refractivity contribution is 0.281. The van der Waals surface area contributed by atoms with Crippen molar-refractivity contribution in [2.75, 3.05) is 0 Å². The molecule has 7 heteroatoms. The molecule has 0 aliphatic heterocycles. The number of sulfonamides is 1. The Labute approximate surface area is 117 Å². The van der Waals surface area contributed by atoms with Gasteiger partial charge in [-0.3, -0.25) is 4.98 Å². The maximum Gasteiger partial charge on any atom is 0.258 e. The zero-order valence-corrected chi connectivity index (χ0v) is 11.8. The maximum absolute atomic E-state index is 12.0. The number of nitrogens with one attached hydrogen (secondary N) is 1. The van der Waals surface area contributed by atoms with Gasteiger partial charge in [-0.05, 0) is 30.7 Å². The highest BCUT2D eigenvalue weighted by Gasteiger charge is 2.15. The number of pyridine rings is 2. The van der Waals surface area contributed by atoms with Crippen molar-refractivity contribution in [1.29, 1.82) is 0 Å². The first kappa shape index (κ1) is 14.6. The highest BCUT2D eigenvalue weighted by molar-refractivity contribution is 7.89. The van der Waals surface area contributed by atoms with Crippen LogP contribution in [-0.2, 0) is 23.2 Å². The van der Waals surface area contributed by atoms with Gasteiger partial charge in [0.15, 0.2) is 5.03 Å². The largest absolute Gasteiger partial charge is 0.392 e. The minimum atomic E-state index is -3.68. The van der Waals surface area contributed by atoms with Crippen LogP contribution in [0.2, 0.25) is 0 Å². The second kappa shape index (κ2) is 6.08. The normalized spacial score (nSPS) is 11.5. The predicted molar refractivity (Wildman–Crippen MR) is 73.2 cm³/mol. The average molecular weight is 293 g/mol. The lowest BCUT2D eigenvalue weighted by Gasteiger charge is -2.06. The summed E-state index contributed by atoms with van der Waals surface area (Å²) in [5, 5.41) is 8.81. The summed E-state index contributed by atoms with van der Waals surface area (Å²) in [6.45, 7) is 1.77. The van der Waals surface area contributed by atoms with E-state index in [2.05, 4.69) is 14.7 Å². The van der Waals surface area contributed by atoms with E-state index in [1.165, 1.54) is 18.3 Å². The lowest BCUT2D eigenvalue weighted by atomic mass is 10.3. The molecule has 0 bridgehead atoms. The van der Waals surface area contributed by atoms with E-state index >= 15 is 0 Å². The van der Waals surface area contributed by atoms with E-state index in [0.29, 0.717) is 11.3 Å². The van der Waals surface area contributed by atoms with Crippen molar-refractivity contribution >= 4 is 10.0 Å². The summed E-state index contributed by atoms with van der Waals surface area (Å²) in [6, 6.07) is 8.29. The minimum Gasteiger partial charge on any atom is -0.392 e. The number of hydrogen-bond acceptors (Lipinski definition) is 5. The van der Waals surface area contributed by atoms with Gasteiger partial charge < -0.3 is 5.11 Å². The molecule has 0 unspecified atom stereocenters. The van der Waals surface area contributed by atoms with Crippen molar-refractivity contribution < 1.29 is 13.5 Å². The summed E-state index contributed by atoms with van der Waals surface area (Å²) in [5.74, 6) is 0. The van der Waals surface area contributed by atoms with E-state index < -0.39 is 10.0 Å². The van der Waals surface area contributed by atoms with Crippen LogP contribution in [-0.4, -0.2) is 23.5 Å². The molecule has 2 N–H and O–H groups in total. The number of aliphatic hydroxyl groups is 1. The van der Waals surface area contributed by atoms with Crippen LogP contribution in [0.15, 0.2) is 41.6 Å². The molecule has 2 aromatic rings. The Hall–Kier alpha value is -1.83. The Morgan fingerprint density at radius 2 is 2.05 bits per heavy atom. The van der Waals surface area contributed by atoms with Crippen molar-refractivity contribution in [3.05, 3.63) is 53.5 Å². The van der Waals surface area contributed by atoms with Crippen LogP contribution in [0.4, 0.5) is 0 Å². The van der Waals surface area contributed by atoms with Gasteiger partial charge in [0.05, 0.1) is 18.8 Å². The van der Waals surface area contributed by atoms with E-state index in [1.54, 1.807) is 6.07 Å². The van der Waals surface area contributed by atoms with Gasteiger partial charge in [0.1, 0.15) is 0 Å². The highest BCUT2D eigenvalue weighted by Crippen LogP contribution is 2.07. The van der Waals surface area contributed by atoms with Gasteiger partial charge in [-0.2, -0.15) is 0 Å². The molecule has 0 fully saturated rings. The molecule has 0 aliphatic carbocycles. The lowest BCUT2D eigenvalue weighted by Crippen LogP contribution is -2.24. The third-order valence-electron chi connectivity index (χ3n) is 2.64. The van der Waals surface area contributed by atoms with Gasteiger partial charge in [-0.1, -0.05) is 12.1 Å². The van der Waals surface area contributed by atoms with Crippen molar-refractivity contribution in [3.63, 3.8) is 0 Å². The number of hydrogen-bond donors (Lipinski definition) is 2. The molecule has 106 valence electrons. The summed E-state index contributed by atoms with van der Waals surface area (Å²) in [7, 11) is -3.68. The summed E-state index contributed by atoms with van der Waals surface area (Å²) in [5.41, 5.74) is 2.02. The Balaban J connectivity index is 2.10. The molecule has 0 aliphatic rings. The first-order valence-electron chi connectivity index (χ1n) is 5.99. The van der Waals surface area contributed by atoms with Crippen LogP contribution in [0.3, 0.4) is 0 Å². The van der Waals surface area contributed by atoms with Crippen molar-refractivity contribution in [2.45, 2.75) is 25.1 Å². The number of nitrogens with zero attached hydrogens (tertiary/aromatic N) is 2. The molecule has 0 saturated heterocycles. The van der Waals surface area contributed by atoms with Crippen molar-refractivity contribution in [1.82, 2.24) is 14.7 Å². The third-order valence-corrected chi connectivity index (χ3v) is 3.96. The smallest absolute Gasteiger partial charge is 0.258 e. The first-order chi connectivity index (χ1) is 9.51.